The average molecular weight is 219 g/mol. The number of Topliss-reactive ketones (excluding diaryl/α,β-unsaturated/α-hetero) is 1. The second kappa shape index (κ2) is 4.44. The van der Waals surface area contributed by atoms with Crippen molar-refractivity contribution in [2.24, 2.45) is 5.41 Å². The van der Waals surface area contributed by atoms with Crippen LogP contribution < -0.4 is 0 Å². The van der Waals surface area contributed by atoms with Crippen molar-refractivity contribution < 1.29 is 9.18 Å². The van der Waals surface area contributed by atoms with E-state index in [1.165, 1.54) is 12.1 Å². The molecule has 0 aliphatic heterocycles. The van der Waals surface area contributed by atoms with Crippen LogP contribution in [0.3, 0.4) is 0 Å². The third-order valence-corrected chi connectivity index (χ3v) is 2.10. The summed E-state index contributed by atoms with van der Waals surface area (Å²) in [5.74, 6) is -0.654. The van der Waals surface area contributed by atoms with Crippen LogP contribution >= 0.6 is 0 Å². The van der Waals surface area contributed by atoms with E-state index < -0.39 is 5.82 Å². The first-order chi connectivity index (χ1) is 7.33. The van der Waals surface area contributed by atoms with Gasteiger partial charge in [-0.05, 0) is 23.6 Å². The Bertz CT molecular complexity index is 452. The molecule has 0 spiro atoms. The fourth-order valence-corrected chi connectivity index (χ4v) is 1.37. The molecule has 0 unspecified atom stereocenters. The Morgan fingerprint density at radius 3 is 2.56 bits per heavy atom. The Labute approximate surface area is 94.7 Å². The number of carbonyl (C=O) groups excluding carboxylic acids is 1. The number of hydrogen-bond acceptors (Lipinski definition) is 2. The van der Waals surface area contributed by atoms with Gasteiger partial charge < -0.3 is 0 Å². The maximum absolute atomic E-state index is 13.0. The Hall–Kier alpha value is -1.69. The first-order valence-corrected chi connectivity index (χ1v) is 5.06. The first kappa shape index (κ1) is 12.4. The molecule has 3 heteroatoms. The van der Waals surface area contributed by atoms with E-state index in [1.54, 1.807) is 6.07 Å². The molecular weight excluding hydrogens is 205 g/mol. The van der Waals surface area contributed by atoms with Crippen molar-refractivity contribution in [3.8, 4) is 6.07 Å². The molecule has 0 bridgehead atoms. The van der Waals surface area contributed by atoms with E-state index in [4.69, 9.17) is 5.26 Å². The molecule has 0 N–H and O–H groups in total. The van der Waals surface area contributed by atoms with Crippen molar-refractivity contribution in [2.45, 2.75) is 27.2 Å². The van der Waals surface area contributed by atoms with Crippen LogP contribution in [0, 0.1) is 22.6 Å². The normalized spacial score (nSPS) is 10.9. The molecule has 0 saturated heterocycles. The molecule has 0 radical (unpaired) electrons. The van der Waals surface area contributed by atoms with Crippen molar-refractivity contribution >= 4 is 5.78 Å². The standard InChI is InChI=1S/C13H14FNO/c1-13(2,3)7-12(16)9-4-5-11(14)10(6-9)8-15/h4-6H,7H2,1-3H3. The molecule has 0 aromatic heterocycles. The molecule has 16 heavy (non-hydrogen) atoms. The summed E-state index contributed by atoms with van der Waals surface area (Å²) >= 11 is 0. The van der Waals surface area contributed by atoms with Gasteiger partial charge in [0.1, 0.15) is 11.9 Å². The van der Waals surface area contributed by atoms with Gasteiger partial charge in [0.15, 0.2) is 5.78 Å². The average Bonchev–Trinajstić information content (AvgIpc) is 2.15. The predicted molar refractivity (Wildman–Crippen MR) is 59.5 cm³/mol. The van der Waals surface area contributed by atoms with Crippen molar-refractivity contribution in [2.75, 3.05) is 0 Å². The second-order valence-electron chi connectivity index (χ2n) is 4.97. The van der Waals surface area contributed by atoms with Gasteiger partial charge in [0.25, 0.3) is 0 Å². The molecule has 0 saturated carbocycles. The third-order valence-electron chi connectivity index (χ3n) is 2.10. The van der Waals surface area contributed by atoms with Crippen molar-refractivity contribution in [1.82, 2.24) is 0 Å². The zero-order valence-corrected chi connectivity index (χ0v) is 9.67. The molecule has 0 atom stereocenters. The monoisotopic (exact) mass is 219 g/mol. The summed E-state index contributed by atoms with van der Waals surface area (Å²) in [5.41, 5.74) is 0.200. The van der Waals surface area contributed by atoms with Crippen molar-refractivity contribution in [3.63, 3.8) is 0 Å². The van der Waals surface area contributed by atoms with Gasteiger partial charge >= 0.3 is 0 Å². The van der Waals surface area contributed by atoms with E-state index >= 15 is 0 Å². The zero-order valence-electron chi connectivity index (χ0n) is 9.67. The fraction of sp³-hybridized carbons (Fsp3) is 0.385. The fourth-order valence-electron chi connectivity index (χ4n) is 1.37. The van der Waals surface area contributed by atoms with Crippen LogP contribution in [0.5, 0.6) is 0 Å². The highest BCUT2D eigenvalue weighted by atomic mass is 19.1. The number of benzene rings is 1. The van der Waals surface area contributed by atoms with E-state index in [1.807, 2.05) is 20.8 Å². The third kappa shape index (κ3) is 3.16. The highest BCUT2D eigenvalue weighted by molar-refractivity contribution is 5.96. The summed E-state index contributed by atoms with van der Waals surface area (Å²) in [5, 5.41) is 8.66. The quantitative estimate of drug-likeness (QED) is 0.716. The largest absolute Gasteiger partial charge is 0.294 e. The van der Waals surface area contributed by atoms with Gasteiger partial charge in [-0.3, -0.25) is 4.79 Å². The minimum atomic E-state index is -0.588. The molecule has 0 amide bonds. The van der Waals surface area contributed by atoms with Gasteiger partial charge in [-0.25, -0.2) is 4.39 Å². The van der Waals surface area contributed by atoms with Crippen LogP contribution in [0.1, 0.15) is 43.1 Å². The number of ketones is 1. The van der Waals surface area contributed by atoms with E-state index in [0.717, 1.165) is 6.07 Å². The lowest BCUT2D eigenvalue weighted by Crippen LogP contribution is -2.13. The summed E-state index contributed by atoms with van der Waals surface area (Å²) in [4.78, 5) is 11.8. The Morgan fingerprint density at radius 2 is 2.06 bits per heavy atom. The Balaban J connectivity index is 2.98. The minimum absolute atomic E-state index is 0.0657. The molecule has 84 valence electrons. The summed E-state index contributed by atoms with van der Waals surface area (Å²) in [6.45, 7) is 5.87. The van der Waals surface area contributed by atoms with Gasteiger partial charge in [-0.1, -0.05) is 20.8 Å². The number of rotatable bonds is 2. The van der Waals surface area contributed by atoms with Gasteiger partial charge in [0, 0.05) is 12.0 Å². The summed E-state index contributed by atoms with van der Waals surface area (Å²) in [7, 11) is 0. The SMILES string of the molecule is CC(C)(C)CC(=O)c1ccc(F)c(C#N)c1. The molecule has 0 aliphatic carbocycles. The first-order valence-electron chi connectivity index (χ1n) is 5.06. The summed E-state index contributed by atoms with van der Waals surface area (Å²) in [6.07, 6.45) is 0.378. The topological polar surface area (TPSA) is 40.9 Å². The highest BCUT2D eigenvalue weighted by Crippen LogP contribution is 2.22. The molecular formula is C13H14FNO. The molecule has 1 aromatic carbocycles. The van der Waals surface area contributed by atoms with Crippen molar-refractivity contribution in [3.05, 3.63) is 35.1 Å². The van der Waals surface area contributed by atoms with Gasteiger partial charge in [-0.15, -0.1) is 0 Å². The lowest BCUT2D eigenvalue weighted by atomic mass is 9.87. The van der Waals surface area contributed by atoms with E-state index in [2.05, 4.69) is 0 Å². The van der Waals surface area contributed by atoms with E-state index in [-0.39, 0.29) is 16.8 Å². The molecule has 2 nitrogen and oxygen atoms in total. The molecule has 0 fully saturated rings. The predicted octanol–water partition coefficient (Wildman–Crippen LogP) is 3.32. The Kier molecular flexibility index (Phi) is 3.44. The van der Waals surface area contributed by atoms with Crippen LogP contribution in [0.2, 0.25) is 0 Å². The van der Waals surface area contributed by atoms with Crippen LogP contribution in [-0.2, 0) is 0 Å². The van der Waals surface area contributed by atoms with Crippen LogP contribution in [-0.4, -0.2) is 5.78 Å². The molecule has 0 aliphatic rings. The Morgan fingerprint density at radius 1 is 1.44 bits per heavy atom. The minimum Gasteiger partial charge on any atom is -0.294 e. The molecule has 1 rings (SSSR count). The summed E-state index contributed by atoms with van der Waals surface area (Å²) in [6, 6.07) is 5.62. The second-order valence-corrected chi connectivity index (χ2v) is 4.97. The zero-order chi connectivity index (χ0) is 12.3. The van der Waals surface area contributed by atoms with E-state index in [0.29, 0.717) is 12.0 Å². The number of hydrogen-bond donors (Lipinski definition) is 0. The lowest BCUT2D eigenvalue weighted by molar-refractivity contribution is 0.0940. The highest BCUT2D eigenvalue weighted by Gasteiger charge is 2.18. The van der Waals surface area contributed by atoms with Gasteiger partial charge in [-0.2, -0.15) is 5.26 Å². The number of nitrogens with zero attached hydrogens (tertiary/aromatic N) is 1. The summed E-state index contributed by atoms with van der Waals surface area (Å²) < 4.78 is 13.0. The van der Waals surface area contributed by atoms with Crippen LogP contribution in [0.4, 0.5) is 4.39 Å². The van der Waals surface area contributed by atoms with Crippen LogP contribution in [0.25, 0.3) is 0 Å². The molecule has 1 aromatic rings. The number of nitriles is 1. The van der Waals surface area contributed by atoms with Crippen molar-refractivity contribution in [1.29, 1.82) is 5.26 Å². The van der Waals surface area contributed by atoms with Gasteiger partial charge in [0.05, 0.1) is 5.56 Å². The van der Waals surface area contributed by atoms with Gasteiger partial charge in [0.2, 0.25) is 0 Å². The number of carbonyl (C=O) groups is 1. The van der Waals surface area contributed by atoms with Crippen LogP contribution in [0.15, 0.2) is 18.2 Å². The molecule has 0 heterocycles. The number of halogens is 1. The lowest BCUT2D eigenvalue weighted by Gasteiger charge is -2.16. The maximum atomic E-state index is 13.0. The smallest absolute Gasteiger partial charge is 0.163 e. The maximum Gasteiger partial charge on any atom is 0.163 e. The van der Waals surface area contributed by atoms with E-state index in [9.17, 15) is 9.18 Å².